The van der Waals surface area contributed by atoms with E-state index >= 15 is 0 Å². The number of hydrogen-bond donors (Lipinski definition) is 1. The molecule has 3 rings (SSSR count). The molecule has 0 spiro atoms. The maximum Gasteiger partial charge on any atom is 0.303 e. The number of aliphatic carboxylic acids is 1. The maximum absolute atomic E-state index is 10.8. The van der Waals surface area contributed by atoms with Crippen molar-refractivity contribution in [1.82, 2.24) is 9.36 Å². The van der Waals surface area contributed by atoms with Gasteiger partial charge in [-0.1, -0.05) is 30.9 Å². The van der Waals surface area contributed by atoms with Crippen LogP contribution >= 0.6 is 11.5 Å². The molecule has 144 valence electrons. The monoisotopic (exact) mass is 394 g/mol. The summed E-state index contributed by atoms with van der Waals surface area (Å²) in [5, 5.41) is 9.67. The van der Waals surface area contributed by atoms with Gasteiger partial charge >= 0.3 is 5.97 Å². The van der Waals surface area contributed by atoms with Gasteiger partial charge in [-0.2, -0.15) is 4.37 Å². The minimum atomic E-state index is -0.790. The van der Waals surface area contributed by atoms with Crippen LogP contribution in [-0.2, 0) is 11.2 Å². The molecule has 5 nitrogen and oxygen atoms in total. The fourth-order valence-corrected chi connectivity index (χ4v) is 3.63. The van der Waals surface area contributed by atoms with Crippen molar-refractivity contribution in [3.8, 4) is 27.7 Å². The molecular formula is C22H22N2O3S. The molecule has 6 heteroatoms. The SMILES string of the molecule is C=Cc1cc(-c2nc(-c3ccc(CCC(=O)O)cc3C)ns2)ccc1OCC. The van der Waals surface area contributed by atoms with Gasteiger partial charge in [0.05, 0.1) is 6.61 Å². The zero-order chi connectivity index (χ0) is 20.1. The van der Waals surface area contributed by atoms with Crippen molar-refractivity contribution in [3.63, 3.8) is 0 Å². The molecule has 0 radical (unpaired) electrons. The standard InChI is InChI=1S/C22H22N2O3S/c1-4-16-13-17(8-10-19(16)27-5-2)22-23-21(24-28-22)18-9-6-15(12-14(18)3)7-11-20(25)26/h4,6,8-10,12-13H,1,5,7,11H2,2-3H3,(H,25,26). The number of aromatic nitrogens is 2. The number of aryl methyl sites for hydroxylation is 2. The highest BCUT2D eigenvalue weighted by Gasteiger charge is 2.13. The quantitative estimate of drug-likeness (QED) is 0.566. The summed E-state index contributed by atoms with van der Waals surface area (Å²) in [6.45, 7) is 8.40. The zero-order valence-electron chi connectivity index (χ0n) is 15.9. The molecule has 0 atom stereocenters. The summed E-state index contributed by atoms with van der Waals surface area (Å²) in [6, 6.07) is 11.8. The second-order valence-electron chi connectivity index (χ2n) is 6.36. The number of carboxylic acid groups (broad SMARTS) is 1. The van der Waals surface area contributed by atoms with Gasteiger partial charge in [0, 0.05) is 23.1 Å². The van der Waals surface area contributed by atoms with Crippen molar-refractivity contribution in [2.24, 2.45) is 0 Å². The highest BCUT2D eigenvalue weighted by atomic mass is 32.1. The molecule has 0 saturated carbocycles. The lowest BCUT2D eigenvalue weighted by Crippen LogP contribution is -1.98. The lowest BCUT2D eigenvalue weighted by molar-refractivity contribution is -0.136. The Labute approximate surface area is 168 Å². The normalized spacial score (nSPS) is 10.6. The molecule has 2 aromatic carbocycles. The van der Waals surface area contributed by atoms with Gasteiger partial charge in [-0.15, -0.1) is 0 Å². The van der Waals surface area contributed by atoms with Gasteiger partial charge in [-0.3, -0.25) is 4.79 Å². The first-order valence-corrected chi connectivity index (χ1v) is 9.84. The van der Waals surface area contributed by atoms with Gasteiger partial charge in [0.2, 0.25) is 0 Å². The van der Waals surface area contributed by atoms with Crippen molar-refractivity contribution in [2.45, 2.75) is 26.7 Å². The number of rotatable bonds is 8. The second-order valence-corrected chi connectivity index (χ2v) is 7.11. The summed E-state index contributed by atoms with van der Waals surface area (Å²) in [5.41, 5.74) is 4.89. The van der Waals surface area contributed by atoms with Gasteiger partial charge in [0.1, 0.15) is 10.8 Å². The zero-order valence-corrected chi connectivity index (χ0v) is 16.8. The molecule has 0 amide bonds. The summed E-state index contributed by atoms with van der Waals surface area (Å²) in [7, 11) is 0. The van der Waals surface area contributed by atoms with Crippen molar-refractivity contribution < 1.29 is 14.6 Å². The molecule has 0 unspecified atom stereocenters. The van der Waals surface area contributed by atoms with Crippen LogP contribution in [0.1, 0.15) is 30.0 Å². The number of nitrogens with zero attached hydrogens (tertiary/aromatic N) is 2. The average molecular weight is 394 g/mol. The van der Waals surface area contributed by atoms with Crippen LogP contribution in [0.3, 0.4) is 0 Å². The van der Waals surface area contributed by atoms with E-state index in [1.807, 2.05) is 50.2 Å². The molecule has 1 heterocycles. The molecule has 0 saturated heterocycles. The van der Waals surface area contributed by atoms with E-state index in [1.165, 1.54) is 11.5 Å². The predicted octanol–water partition coefficient (Wildman–Crippen LogP) is 5.24. The summed E-state index contributed by atoms with van der Waals surface area (Å²) >= 11 is 1.35. The van der Waals surface area contributed by atoms with Crippen LogP contribution in [0.2, 0.25) is 0 Å². The first-order valence-electron chi connectivity index (χ1n) is 9.07. The van der Waals surface area contributed by atoms with Crippen LogP contribution in [0, 0.1) is 6.92 Å². The highest BCUT2D eigenvalue weighted by molar-refractivity contribution is 7.09. The van der Waals surface area contributed by atoms with Gasteiger partial charge in [0.25, 0.3) is 0 Å². The van der Waals surface area contributed by atoms with E-state index in [9.17, 15) is 4.79 Å². The molecule has 0 bridgehead atoms. The first kappa shape index (κ1) is 19.8. The largest absolute Gasteiger partial charge is 0.493 e. The van der Waals surface area contributed by atoms with Crippen molar-refractivity contribution >= 4 is 23.6 Å². The third-order valence-corrected chi connectivity index (χ3v) is 5.13. The highest BCUT2D eigenvalue weighted by Crippen LogP contribution is 2.31. The van der Waals surface area contributed by atoms with E-state index in [-0.39, 0.29) is 6.42 Å². The molecule has 28 heavy (non-hydrogen) atoms. The Balaban J connectivity index is 1.86. The fourth-order valence-electron chi connectivity index (χ4n) is 2.96. The third-order valence-electron chi connectivity index (χ3n) is 4.36. The topological polar surface area (TPSA) is 72.3 Å². The van der Waals surface area contributed by atoms with Crippen LogP contribution in [-0.4, -0.2) is 27.0 Å². The van der Waals surface area contributed by atoms with E-state index in [1.54, 1.807) is 6.08 Å². The first-order chi connectivity index (χ1) is 13.5. The Morgan fingerprint density at radius 1 is 1.29 bits per heavy atom. The Bertz CT molecular complexity index is 1010. The van der Waals surface area contributed by atoms with E-state index < -0.39 is 5.97 Å². The van der Waals surface area contributed by atoms with Gasteiger partial charge in [0.15, 0.2) is 5.82 Å². The smallest absolute Gasteiger partial charge is 0.303 e. The Hall–Kier alpha value is -2.99. The number of benzene rings is 2. The average Bonchev–Trinajstić information content (AvgIpc) is 3.16. The Kier molecular flexibility index (Phi) is 6.21. The molecule has 0 fully saturated rings. The Morgan fingerprint density at radius 3 is 2.79 bits per heavy atom. The summed E-state index contributed by atoms with van der Waals surface area (Å²) in [5.74, 6) is 0.692. The van der Waals surface area contributed by atoms with E-state index in [2.05, 4.69) is 11.0 Å². The van der Waals surface area contributed by atoms with Crippen LogP contribution in [0.25, 0.3) is 28.0 Å². The second kappa shape index (κ2) is 8.80. The van der Waals surface area contributed by atoms with E-state index in [4.69, 9.17) is 14.8 Å². The van der Waals surface area contributed by atoms with Crippen molar-refractivity contribution in [3.05, 3.63) is 59.7 Å². The minimum Gasteiger partial charge on any atom is -0.493 e. The lowest BCUT2D eigenvalue weighted by atomic mass is 10.0. The molecule has 0 aliphatic rings. The number of ether oxygens (including phenoxy) is 1. The van der Waals surface area contributed by atoms with Crippen molar-refractivity contribution in [1.29, 1.82) is 0 Å². The van der Waals surface area contributed by atoms with Crippen LogP contribution in [0.4, 0.5) is 0 Å². The molecular weight excluding hydrogens is 372 g/mol. The number of carboxylic acids is 1. The molecule has 0 aliphatic heterocycles. The Morgan fingerprint density at radius 2 is 2.11 bits per heavy atom. The van der Waals surface area contributed by atoms with Crippen molar-refractivity contribution in [2.75, 3.05) is 6.61 Å². The van der Waals surface area contributed by atoms with Crippen LogP contribution in [0.15, 0.2) is 43.0 Å². The maximum atomic E-state index is 10.8. The predicted molar refractivity (Wildman–Crippen MR) is 113 cm³/mol. The molecule has 0 aliphatic carbocycles. The third kappa shape index (κ3) is 4.46. The van der Waals surface area contributed by atoms with Gasteiger partial charge in [-0.05, 0) is 61.1 Å². The van der Waals surface area contributed by atoms with E-state index in [0.717, 1.165) is 38.6 Å². The van der Waals surface area contributed by atoms with Crippen LogP contribution < -0.4 is 4.74 Å². The number of hydrogen-bond acceptors (Lipinski definition) is 5. The molecule has 1 N–H and O–H groups in total. The molecule has 1 aromatic heterocycles. The van der Waals surface area contributed by atoms with Gasteiger partial charge in [-0.25, -0.2) is 4.98 Å². The fraction of sp³-hybridized carbons (Fsp3) is 0.227. The summed E-state index contributed by atoms with van der Waals surface area (Å²) in [4.78, 5) is 15.5. The van der Waals surface area contributed by atoms with Crippen LogP contribution in [0.5, 0.6) is 5.75 Å². The molecule has 3 aromatic rings. The lowest BCUT2D eigenvalue weighted by Gasteiger charge is -2.08. The summed E-state index contributed by atoms with van der Waals surface area (Å²) in [6.07, 6.45) is 2.42. The minimum absolute atomic E-state index is 0.126. The number of carbonyl (C=O) groups is 1. The van der Waals surface area contributed by atoms with E-state index in [0.29, 0.717) is 18.9 Å². The van der Waals surface area contributed by atoms with Gasteiger partial charge < -0.3 is 9.84 Å². The summed E-state index contributed by atoms with van der Waals surface area (Å²) < 4.78 is 10.1.